The average molecular weight is 278 g/mol. The number of rotatable bonds is 4. The Morgan fingerprint density at radius 3 is 2.68 bits per heavy atom. The van der Waals surface area contributed by atoms with Crippen LogP contribution in [0.5, 0.6) is 0 Å². The lowest BCUT2D eigenvalue weighted by atomic mass is 10.2. The van der Waals surface area contributed by atoms with Gasteiger partial charge in [-0.3, -0.25) is 10.1 Å². The molecule has 0 aliphatic heterocycles. The summed E-state index contributed by atoms with van der Waals surface area (Å²) in [4.78, 5) is 7.51. The van der Waals surface area contributed by atoms with Gasteiger partial charge in [0.1, 0.15) is 11.7 Å². The Labute approximate surface area is 116 Å². The molecule has 102 valence electrons. The van der Waals surface area contributed by atoms with Gasteiger partial charge in [-0.2, -0.15) is 5.10 Å². The molecule has 0 unspecified atom stereocenters. The van der Waals surface area contributed by atoms with E-state index < -0.39 is 0 Å². The average Bonchev–Trinajstić information content (AvgIpc) is 2.82. The van der Waals surface area contributed by atoms with Gasteiger partial charge in [-0.15, -0.1) is 11.3 Å². The smallest absolute Gasteiger partial charge is 0.137 e. The summed E-state index contributed by atoms with van der Waals surface area (Å²) in [5, 5.41) is 12.1. The van der Waals surface area contributed by atoms with Crippen LogP contribution in [0.1, 0.15) is 21.8 Å². The summed E-state index contributed by atoms with van der Waals surface area (Å²) in [5.41, 5.74) is 10.0. The Bertz CT molecular complexity index is 612. The summed E-state index contributed by atoms with van der Waals surface area (Å²) in [6, 6.07) is 0. The first-order valence-electron chi connectivity index (χ1n) is 5.90. The minimum Gasteiger partial charge on any atom is -0.384 e. The van der Waals surface area contributed by atoms with Crippen molar-refractivity contribution in [3.05, 3.63) is 27.3 Å². The van der Waals surface area contributed by atoms with Gasteiger partial charge in [0.05, 0.1) is 29.0 Å². The van der Waals surface area contributed by atoms with Gasteiger partial charge >= 0.3 is 0 Å². The highest BCUT2D eigenvalue weighted by Crippen LogP contribution is 2.24. The highest BCUT2D eigenvalue weighted by atomic mass is 32.1. The van der Waals surface area contributed by atoms with Crippen molar-refractivity contribution in [1.82, 2.24) is 14.8 Å². The molecule has 2 rings (SSSR count). The fourth-order valence-electron chi connectivity index (χ4n) is 2.17. The molecule has 0 aliphatic rings. The molecule has 0 aromatic carbocycles. The number of nitrogens with zero attached hydrogens (tertiary/aromatic N) is 4. The lowest BCUT2D eigenvalue weighted by Gasteiger charge is -2.20. The normalized spacial score (nSPS) is 10.7. The zero-order valence-electron chi connectivity index (χ0n) is 11.6. The molecule has 2 aromatic heterocycles. The third-order valence-corrected chi connectivity index (χ3v) is 3.97. The fourth-order valence-corrected chi connectivity index (χ4v) is 3.00. The summed E-state index contributed by atoms with van der Waals surface area (Å²) in [5.74, 6) is 0.909. The SMILES string of the molecule is Cc1ncsc1CN(C)c1c(C(=N)N)c(C)nn1C. The predicted octanol–water partition coefficient (Wildman–Crippen LogP) is 1.41. The lowest BCUT2D eigenvalue weighted by Crippen LogP contribution is -2.23. The molecule has 2 heterocycles. The van der Waals surface area contributed by atoms with E-state index in [0.717, 1.165) is 23.8 Å². The molecule has 0 fully saturated rings. The fraction of sp³-hybridized carbons (Fsp3) is 0.417. The van der Waals surface area contributed by atoms with E-state index >= 15 is 0 Å². The number of nitrogen functional groups attached to an aromatic ring is 1. The molecule has 0 radical (unpaired) electrons. The monoisotopic (exact) mass is 278 g/mol. The van der Waals surface area contributed by atoms with E-state index in [1.165, 1.54) is 4.88 Å². The van der Waals surface area contributed by atoms with Gasteiger partial charge in [0.25, 0.3) is 0 Å². The predicted molar refractivity (Wildman–Crippen MR) is 77.9 cm³/mol. The molecule has 0 saturated heterocycles. The van der Waals surface area contributed by atoms with Crippen molar-refractivity contribution in [2.75, 3.05) is 11.9 Å². The van der Waals surface area contributed by atoms with Gasteiger partial charge in [0, 0.05) is 19.0 Å². The van der Waals surface area contributed by atoms with E-state index in [9.17, 15) is 0 Å². The van der Waals surface area contributed by atoms with Crippen molar-refractivity contribution in [2.45, 2.75) is 20.4 Å². The van der Waals surface area contributed by atoms with Crippen molar-refractivity contribution in [3.63, 3.8) is 0 Å². The van der Waals surface area contributed by atoms with Crippen molar-refractivity contribution in [3.8, 4) is 0 Å². The third-order valence-electron chi connectivity index (χ3n) is 3.05. The molecule has 0 aliphatic carbocycles. The van der Waals surface area contributed by atoms with Crippen LogP contribution < -0.4 is 10.6 Å². The summed E-state index contributed by atoms with van der Waals surface area (Å²) in [7, 11) is 3.84. The van der Waals surface area contributed by atoms with Crippen LogP contribution in [0.4, 0.5) is 5.82 Å². The molecule has 2 aromatic rings. The molecule has 3 N–H and O–H groups in total. The topological polar surface area (TPSA) is 83.8 Å². The maximum Gasteiger partial charge on any atom is 0.137 e. The quantitative estimate of drug-likeness (QED) is 0.654. The van der Waals surface area contributed by atoms with Crippen molar-refractivity contribution < 1.29 is 0 Å². The van der Waals surface area contributed by atoms with E-state index in [0.29, 0.717) is 5.56 Å². The van der Waals surface area contributed by atoms with Crippen molar-refractivity contribution in [2.24, 2.45) is 12.8 Å². The van der Waals surface area contributed by atoms with Gasteiger partial charge in [-0.1, -0.05) is 0 Å². The number of thiazole rings is 1. The maximum atomic E-state index is 7.70. The second-order valence-electron chi connectivity index (χ2n) is 4.54. The zero-order valence-corrected chi connectivity index (χ0v) is 12.4. The summed E-state index contributed by atoms with van der Waals surface area (Å²) < 4.78 is 1.77. The molecule has 0 atom stereocenters. The summed E-state index contributed by atoms with van der Waals surface area (Å²) in [6.45, 7) is 4.60. The molecule has 7 heteroatoms. The van der Waals surface area contributed by atoms with Gasteiger partial charge in [0.15, 0.2) is 0 Å². The minimum atomic E-state index is 0.0495. The Hall–Kier alpha value is -1.89. The molecule has 0 saturated carbocycles. The van der Waals surface area contributed by atoms with Crippen LogP contribution in [0.25, 0.3) is 0 Å². The number of nitrogens with two attached hydrogens (primary N) is 1. The number of amidine groups is 1. The molecular formula is C12H18N6S. The Balaban J connectivity index is 2.36. The number of nitrogens with one attached hydrogen (secondary N) is 1. The summed E-state index contributed by atoms with van der Waals surface area (Å²) >= 11 is 1.63. The third kappa shape index (κ3) is 2.46. The highest BCUT2D eigenvalue weighted by molar-refractivity contribution is 7.09. The van der Waals surface area contributed by atoms with Crippen molar-refractivity contribution >= 4 is 23.0 Å². The molecule has 0 bridgehead atoms. The van der Waals surface area contributed by atoms with E-state index in [1.54, 1.807) is 16.0 Å². The number of hydrogen-bond donors (Lipinski definition) is 2. The Kier molecular flexibility index (Phi) is 3.57. The first-order chi connectivity index (χ1) is 8.91. The number of aromatic nitrogens is 3. The zero-order chi connectivity index (χ0) is 14.2. The molecule has 6 nitrogen and oxygen atoms in total. The van der Waals surface area contributed by atoms with Crippen LogP contribution in [0, 0.1) is 19.3 Å². The second-order valence-corrected chi connectivity index (χ2v) is 5.48. The van der Waals surface area contributed by atoms with E-state index in [-0.39, 0.29) is 5.84 Å². The second kappa shape index (κ2) is 5.00. The van der Waals surface area contributed by atoms with Gasteiger partial charge < -0.3 is 10.6 Å². The van der Waals surface area contributed by atoms with Gasteiger partial charge in [0.2, 0.25) is 0 Å². The number of hydrogen-bond acceptors (Lipinski definition) is 5. The van der Waals surface area contributed by atoms with Crippen LogP contribution in [0.3, 0.4) is 0 Å². The van der Waals surface area contributed by atoms with E-state index in [1.807, 2.05) is 33.5 Å². The Morgan fingerprint density at radius 1 is 1.47 bits per heavy atom. The number of aryl methyl sites for hydroxylation is 3. The maximum absolute atomic E-state index is 7.70. The van der Waals surface area contributed by atoms with Gasteiger partial charge in [-0.05, 0) is 13.8 Å². The van der Waals surface area contributed by atoms with Crippen LogP contribution >= 0.6 is 11.3 Å². The van der Waals surface area contributed by atoms with Crippen LogP contribution in [0.2, 0.25) is 0 Å². The van der Waals surface area contributed by atoms with Crippen molar-refractivity contribution in [1.29, 1.82) is 5.41 Å². The summed E-state index contributed by atoms with van der Waals surface area (Å²) in [6.07, 6.45) is 0. The Morgan fingerprint density at radius 2 is 2.16 bits per heavy atom. The minimum absolute atomic E-state index is 0.0495. The van der Waals surface area contributed by atoms with E-state index in [2.05, 4.69) is 15.0 Å². The first kappa shape index (κ1) is 13.5. The number of anilines is 1. The highest BCUT2D eigenvalue weighted by Gasteiger charge is 2.20. The molecule has 19 heavy (non-hydrogen) atoms. The molecule has 0 spiro atoms. The first-order valence-corrected chi connectivity index (χ1v) is 6.77. The van der Waals surface area contributed by atoms with Crippen LogP contribution in [-0.4, -0.2) is 27.6 Å². The van der Waals surface area contributed by atoms with Crippen LogP contribution in [0.15, 0.2) is 5.51 Å². The molecule has 0 amide bonds. The largest absolute Gasteiger partial charge is 0.384 e. The molecular weight excluding hydrogens is 260 g/mol. The van der Waals surface area contributed by atoms with Gasteiger partial charge in [-0.25, -0.2) is 4.98 Å². The van der Waals surface area contributed by atoms with E-state index in [4.69, 9.17) is 11.1 Å². The van der Waals surface area contributed by atoms with Crippen LogP contribution in [-0.2, 0) is 13.6 Å². The standard InChI is InChI=1S/C12H18N6S/c1-7-9(19-6-15-7)5-17(3)12-10(11(13)14)8(2)16-18(12)4/h6H,5H2,1-4H3,(H3,13,14). The lowest BCUT2D eigenvalue weighted by molar-refractivity contribution is 0.727.